The third-order valence-electron chi connectivity index (χ3n) is 9.08. The fourth-order valence-corrected chi connectivity index (χ4v) is 5.97. The van der Waals surface area contributed by atoms with Crippen LogP contribution >= 0.6 is 0 Å². The van der Waals surface area contributed by atoms with Gasteiger partial charge in [0.2, 0.25) is 0 Å². The monoisotopic (exact) mass is 485 g/mol. The SMILES string of the molecule is CN(C(=O)c1cc(-c2ccccc2Oc2ccccc2)[nH]n1)C1(C)C(C)(C)N(C#N)C(C)(C)C1(C)C. The van der Waals surface area contributed by atoms with Crippen molar-refractivity contribution < 1.29 is 9.53 Å². The maximum absolute atomic E-state index is 13.8. The summed E-state index contributed by atoms with van der Waals surface area (Å²) in [7, 11) is 1.81. The molecule has 2 heterocycles. The molecule has 0 spiro atoms. The number of rotatable bonds is 5. The number of hydrogen-bond acceptors (Lipinski definition) is 5. The fourth-order valence-electron chi connectivity index (χ4n) is 5.97. The molecule has 7 heteroatoms. The molecule has 1 saturated heterocycles. The lowest BCUT2D eigenvalue weighted by atomic mass is 9.61. The van der Waals surface area contributed by atoms with Crippen LogP contribution in [-0.2, 0) is 0 Å². The van der Waals surface area contributed by atoms with Crippen LogP contribution < -0.4 is 4.74 Å². The molecule has 4 rings (SSSR count). The lowest BCUT2D eigenvalue weighted by Gasteiger charge is -2.52. The zero-order chi connectivity index (χ0) is 26.5. The van der Waals surface area contributed by atoms with Crippen molar-refractivity contribution in [1.29, 1.82) is 5.26 Å². The molecule has 1 atom stereocenters. The Morgan fingerprint density at radius 1 is 0.972 bits per heavy atom. The number of benzene rings is 2. The maximum Gasteiger partial charge on any atom is 0.274 e. The standard InChI is InChI=1S/C29H35N5O2/c1-26(2)27(3,4)34(19-30)28(5,6)29(26,7)33(8)25(35)23-18-22(31-32-23)21-16-12-13-17-24(21)36-20-14-10-9-11-15-20/h9-18H,1-8H3,(H,31,32). The molecule has 1 amide bonds. The number of ether oxygens (including phenoxy) is 1. The first-order valence-corrected chi connectivity index (χ1v) is 12.2. The van der Waals surface area contributed by atoms with Gasteiger partial charge in [0, 0.05) is 18.0 Å². The Morgan fingerprint density at radius 2 is 1.58 bits per heavy atom. The Labute approximate surface area is 213 Å². The van der Waals surface area contributed by atoms with E-state index < -0.39 is 22.0 Å². The average molecular weight is 486 g/mol. The number of aromatic nitrogens is 2. The third-order valence-corrected chi connectivity index (χ3v) is 9.08. The minimum absolute atomic E-state index is 0.210. The van der Waals surface area contributed by atoms with Crippen LogP contribution in [0.15, 0.2) is 60.7 Å². The Hall–Kier alpha value is -3.79. The van der Waals surface area contributed by atoms with Crippen molar-refractivity contribution >= 4 is 5.91 Å². The molecule has 1 unspecified atom stereocenters. The van der Waals surface area contributed by atoms with E-state index in [1.54, 1.807) is 11.0 Å². The van der Waals surface area contributed by atoms with E-state index in [-0.39, 0.29) is 5.91 Å². The van der Waals surface area contributed by atoms with E-state index >= 15 is 0 Å². The summed E-state index contributed by atoms with van der Waals surface area (Å²) in [6.07, 6.45) is 2.40. The van der Waals surface area contributed by atoms with Crippen molar-refractivity contribution in [3.8, 4) is 28.9 Å². The van der Waals surface area contributed by atoms with E-state index in [9.17, 15) is 10.1 Å². The van der Waals surface area contributed by atoms with E-state index in [2.05, 4.69) is 51.0 Å². The van der Waals surface area contributed by atoms with Crippen LogP contribution in [0.4, 0.5) is 0 Å². The molecule has 0 radical (unpaired) electrons. The summed E-state index contributed by atoms with van der Waals surface area (Å²) < 4.78 is 6.10. The summed E-state index contributed by atoms with van der Waals surface area (Å²) in [6.45, 7) is 14.5. The van der Waals surface area contributed by atoms with Gasteiger partial charge >= 0.3 is 0 Å². The zero-order valence-corrected chi connectivity index (χ0v) is 22.4. The van der Waals surface area contributed by atoms with Crippen molar-refractivity contribution in [2.75, 3.05) is 7.05 Å². The lowest BCUT2D eigenvalue weighted by Crippen LogP contribution is -2.65. The van der Waals surface area contributed by atoms with Gasteiger partial charge in [0.25, 0.3) is 5.91 Å². The van der Waals surface area contributed by atoms with Gasteiger partial charge in [-0.1, -0.05) is 44.2 Å². The van der Waals surface area contributed by atoms with Gasteiger partial charge in [-0.2, -0.15) is 10.4 Å². The second-order valence-electron chi connectivity index (χ2n) is 11.2. The average Bonchev–Trinajstić information content (AvgIpc) is 3.35. The molecule has 7 nitrogen and oxygen atoms in total. The predicted molar refractivity (Wildman–Crippen MR) is 140 cm³/mol. The van der Waals surface area contributed by atoms with Crippen LogP contribution in [0.2, 0.25) is 0 Å². The van der Waals surface area contributed by atoms with Crippen molar-refractivity contribution in [3.63, 3.8) is 0 Å². The molecule has 3 aromatic rings. The quantitative estimate of drug-likeness (QED) is 0.443. The van der Waals surface area contributed by atoms with Crippen molar-refractivity contribution in [1.82, 2.24) is 20.0 Å². The summed E-state index contributed by atoms with van der Waals surface area (Å²) in [5, 5.41) is 17.5. The zero-order valence-electron chi connectivity index (χ0n) is 22.4. The van der Waals surface area contributed by atoms with Crippen LogP contribution in [0.1, 0.15) is 59.0 Å². The number of hydrogen-bond donors (Lipinski definition) is 1. The Kier molecular flexibility index (Phi) is 5.91. The first-order valence-electron chi connectivity index (χ1n) is 12.2. The molecule has 188 valence electrons. The molecular formula is C29H35N5O2. The number of nitriles is 1. The second-order valence-corrected chi connectivity index (χ2v) is 11.2. The van der Waals surface area contributed by atoms with E-state index in [0.29, 0.717) is 17.1 Å². The fraction of sp³-hybridized carbons (Fsp3) is 0.414. The minimum Gasteiger partial charge on any atom is -0.457 e. The summed E-state index contributed by atoms with van der Waals surface area (Å²) in [4.78, 5) is 17.4. The first-order chi connectivity index (χ1) is 16.8. The summed E-state index contributed by atoms with van der Waals surface area (Å²) in [5.41, 5.74) is -0.383. The lowest BCUT2D eigenvalue weighted by molar-refractivity contribution is -0.00535. The van der Waals surface area contributed by atoms with Gasteiger partial charge in [-0.05, 0) is 65.0 Å². The molecule has 0 aliphatic carbocycles. The van der Waals surface area contributed by atoms with Crippen LogP contribution in [0.3, 0.4) is 0 Å². The van der Waals surface area contributed by atoms with Gasteiger partial charge in [-0.25, -0.2) is 0 Å². The number of likely N-dealkylation sites (tertiary alicyclic amines) is 1. The van der Waals surface area contributed by atoms with Crippen LogP contribution in [-0.4, -0.2) is 49.6 Å². The summed E-state index contributed by atoms with van der Waals surface area (Å²) in [6, 6.07) is 19.0. The Morgan fingerprint density at radius 3 is 2.19 bits per heavy atom. The highest BCUT2D eigenvalue weighted by atomic mass is 16.5. The molecule has 0 bridgehead atoms. The van der Waals surface area contributed by atoms with Gasteiger partial charge in [0.1, 0.15) is 11.5 Å². The van der Waals surface area contributed by atoms with E-state index in [4.69, 9.17) is 4.74 Å². The van der Waals surface area contributed by atoms with Crippen molar-refractivity contribution in [2.24, 2.45) is 5.41 Å². The van der Waals surface area contributed by atoms with E-state index in [0.717, 1.165) is 11.3 Å². The van der Waals surface area contributed by atoms with Gasteiger partial charge in [0.05, 0.1) is 22.3 Å². The van der Waals surface area contributed by atoms with Crippen LogP contribution in [0.5, 0.6) is 11.5 Å². The van der Waals surface area contributed by atoms with E-state index in [1.165, 1.54) is 0 Å². The highest BCUT2D eigenvalue weighted by Gasteiger charge is 2.71. The highest BCUT2D eigenvalue weighted by Crippen LogP contribution is 2.61. The molecule has 1 aliphatic rings. The van der Waals surface area contributed by atoms with Gasteiger partial charge in [-0.15, -0.1) is 0 Å². The van der Waals surface area contributed by atoms with Gasteiger partial charge < -0.3 is 9.64 Å². The molecule has 1 N–H and O–H groups in total. The van der Waals surface area contributed by atoms with E-state index in [1.807, 2.05) is 80.4 Å². The number of nitrogens with zero attached hydrogens (tertiary/aromatic N) is 4. The normalized spacial score (nSPS) is 21.6. The largest absolute Gasteiger partial charge is 0.457 e. The number of amides is 1. The topological polar surface area (TPSA) is 85.2 Å². The number of carbonyl (C=O) groups is 1. The number of likely N-dealkylation sites (N-methyl/N-ethyl adjacent to an activating group) is 1. The number of nitrogens with one attached hydrogen (secondary N) is 1. The van der Waals surface area contributed by atoms with Crippen molar-refractivity contribution in [2.45, 2.75) is 65.1 Å². The number of carbonyl (C=O) groups excluding carboxylic acids is 1. The van der Waals surface area contributed by atoms with Crippen LogP contribution in [0.25, 0.3) is 11.3 Å². The molecule has 2 aromatic carbocycles. The molecule has 0 saturated carbocycles. The predicted octanol–water partition coefficient (Wildman–Crippen LogP) is 6.08. The molecule has 1 aromatic heterocycles. The Bertz CT molecular complexity index is 1320. The van der Waals surface area contributed by atoms with Gasteiger partial charge in [0.15, 0.2) is 11.9 Å². The number of H-pyrrole nitrogens is 1. The number of aromatic amines is 1. The van der Waals surface area contributed by atoms with Crippen LogP contribution in [0, 0.1) is 16.9 Å². The second kappa shape index (κ2) is 8.41. The van der Waals surface area contributed by atoms with Crippen molar-refractivity contribution in [3.05, 3.63) is 66.4 Å². The summed E-state index contributed by atoms with van der Waals surface area (Å²) >= 11 is 0. The molecule has 1 aliphatic heterocycles. The smallest absolute Gasteiger partial charge is 0.274 e. The highest BCUT2D eigenvalue weighted by molar-refractivity contribution is 5.94. The first kappa shape index (κ1) is 25.3. The molecular weight excluding hydrogens is 450 g/mol. The molecule has 36 heavy (non-hydrogen) atoms. The number of para-hydroxylation sites is 2. The maximum atomic E-state index is 13.8. The minimum atomic E-state index is -0.677. The van der Waals surface area contributed by atoms with Gasteiger partial charge in [-0.3, -0.25) is 14.8 Å². The summed E-state index contributed by atoms with van der Waals surface area (Å²) in [5.74, 6) is 1.18. The third kappa shape index (κ3) is 3.39. The molecule has 1 fully saturated rings. The Balaban J connectivity index is 1.69.